The lowest BCUT2D eigenvalue weighted by atomic mass is 10.1. The number of aryl methyl sites for hydroxylation is 2. The number of rotatable bonds is 6. The quantitative estimate of drug-likeness (QED) is 0.757. The van der Waals surface area contributed by atoms with Gasteiger partial charge in [-0.3, -0.25) is 4.79 Å². The molecule has 2 aromatic carbocycles. The number of carbonyl (C=O) groups is 2. The zero-order chi connectivity index (χ0) is 19.3. The van der Waals surface area contributed by atoms with Crippen LogP contribution in [0.25, 0.3) is 6.08 Å². The second-order valence-electron chi connectivity index (χ2n) is 5.64. The van der Waals surface area contributed by atoms with Gasteiger partial charge in [0.1, 0.15) is 11.4 Å². The number of benzene rings is 2. The van der Waals surface area contributed by atoms with E-state index < -0.39 is 11.9 Å². The molecular weight excluding hydrogens is 358 g/mol. The lowest BCUT2D eigenvalue weighted by molar-refractivity contribution is -0.268. The van der Waals surface area contributed by atoms with Gasteiger partial charge in [0.2, 0.25) is 0 Å². The first-order chi connectivity index (χ1) is 12.3. The summed E-state index contributed by atoms with van der Waals surface area (Å²) in [6.45, 7) is 3.28. The van der Waals surface area contributed by atoms with Gasteiger partial charge in [0.15, 0.2) is 6.61 Å². The van der Waals surface area contributed by atoms with Gasteiger partial charge in [-0.15, -0.1) is 5.75 Å². The van der Waals surface area contributed by atoms with Crippen molar-refractivity contribution in [1.29, 1.82) is 0 Å². The lowest BCUT2D eigenvalue weighted by Crippen LogP contribution is -2.31. The molecule has 1 amide bonds. The zero-order valence-corrected chi connectivity index (χ0v) is 15.0. The summed E-state index contributed by atoms with van der Waals surface area (Å²) in [6, 6.07) is 8.94. The minimum Gasteiger partial charge on any atom is -0.872 e. The molecule has 0 aromatic heterocycles. The number of carbonyl (C=O) groups excluding carboxylic acids is 1. The Morgan fingerprint density at radius 2 is 1.77 bits per heavy atom. The minimum absolute atomic E-state index is 0.190. The van der Waals surface area contributed by atoms with E-state index in [0.717, 1.165) is 11.1 Å². The Balaban J connectivity index is 2.04. The molecule has 2 aromatic rings. The molecule has 0 fully saturated rings. The van der Waals surface area contributed by atoms with Crippen molar-refractivity contribution in [2.75, 3.05) is 6.61 Å². The van der Waals surface area contributed by atoms with Crippen molar-refractivity contribution in [2.45, 2.75) is 13.8 Å². The smallest absolute Gasteiger partial charge is 0.352 e. The summed E-state index contributed by atoms with van der Waals surface area (Å²) in [5.74, 6) is -1.65. The predicted octanol–water partition coefficient (Wildman–Crippen LogP) is 2.65. The number of hydrogen-bond acceptors (Lipinski definition) is 4. The molecule has 136 valence electrons. The molecule has 7 heteroatoms. The van der Waals surface area contributed by atoms with Crippen LogP contribution in [0.1, 0.15) is 16.7 Å². The van der Waals surface area contributed by atoms with Crippen LogP contribution in [0.15, 0.2) is 42.1 Å². The summed E-state index contributed by atoms with van der Waals surface area (Å²) in [6.07, 6.45) is 1.26. The van der Waals surface area contributed by atoms with Crippen molar-refractivity contribution < 1.29 is 24.5 Å². The van der Waals surface area contributed by atoms with Gasteiger partial charge < -0.3 is 20.3 Å². The van der Waals surface area contributed by atoms with Gasteiger partial charge in [-0.05, 0) is 48.7 Å². The van der Waals surface area contributed by atoms with Crippen LogP contribution in [0.2, 0.25) is 5.02 Å². The summed E-state index contributed by atoms with van der Waals surface area (Å²) in [5, 5.41) is 23.2. The lowest BCUT2D eigenvalue weighted by Gasteiger charge is -2.11. The molecule has 0 atom stereocenters. The van der Waals surface area contributed by atoms with E-state index in [4.69, 9.17) is 16.3 Å². The van der Waals surface area contributed by atoms with Gasteiger partial charge in [-0.2, -0.15) is 0 Å². The van der Waals surface area contributed by atoms with E-state index in [2.05, 4.69) is 5.32 Å². The van der Waals surface area contributed by atoms with E-state index in [9.17, 15) is 19.8 Å². The highest BCUT2D eigenvalue weighted by molar-refractivity contribution is 6.32. The number of carboxylic acids is 1. The standard InChI is InChI=1S/C19H18ClNO5/c1-11-7-15(8-12(2)18(11)20)26-10-17(23)21-16(19(24)25)9-13-3-5-14(22)6-4-13/h3-9,22H,10H2,1-2H3,(H,21,23)(H,24,25)/p-1/b16-9+. The molecule has 0 unspecified atom stereocenters. The van der Waals surface area contributed by atoms with Crippen LogP contribution in [0.5, 0.6) is 11.5 Å². The van der Waals surface area contributed by atoms with E-state index in [1.54, 1.807) is 12.1 Å². The first-order valence-electron chi connectivity index (χ1n) is 7.67. The summed E-state index contributed by atoms with van der Waals surface area (Å²) in [5.41, 5.74) is 1.79. The molecule has 0 aliphatic heterocycles. The largest absolute Gasteiger partial charge is 0.872 e. The van der Waals surface area contributed by atoms with Crippen molar-refractivity contribution in [3.63, 3.8) is 0 Å². The zero-order valence-electron chi connectivity index (χ0n) is 14.2. The first-order valence-corrected chi connectivity index (χ1v) is 8.05. The maximum atomic E-state index is 12.0. The Bertz CT molecular complexity index is 836. The fourth-order valence-electron chi connectivity index (χ4n) is 2.21. The van der Waals surface area contributed by atoms with Crippen molar-refractivity contribution in [3.8, 4) is 11.5 Å². The number of hydrogen-bond donors (Lipinski definition) is 2. The van der Waals surface area contributed by atoms with Crippen LogP contribution in [0, 0.1) is 13.8 Å². The van der Waals surface area contributed by atoms with Crippen LogP contribution in [-0.2, 0) is 9.59 Å². The number of amides is 1. The fraction of sp³-hybridized carbons (Fsp3) is 0.158. The number of carboxylic acid groups (broad SMARTS) is 1. The summed E-state index contributed by atoms with van der Waals surface area (Å²) in [7, 11) is 0. The highest BCUT2D eigenvalue weighted by Gasteiger charge is 2.13. The van der Waals surface area contributed by atoms with Gasteiger partial charge in [-0.25, -0.2) is 4.79 Å². The van der Waals surface area contributed by atoms with Crippen molar-refractivity contribution in [3.05, 3.63) is 63.8 Å². The van der Waals surface area contributed by atoms with Crippen LogP contribution < -0.4 is 15.2 Å². The third-order valence-electron chi connectivity index (χ3n) is 3.48. The third-order valence-corrected chi connectivity index (χ3v) is 4.07. The third kappa shape index (κ3) is 5.26. The topological polar surface area (TPSA) is 98.7 Å². The SMILES string of the molecule is Cc1cc(OCC(=O)N/C(=C/c2ccc([O-])cc2)C(=O)O)cc(C)c1Cl. The summed E-state index contributed by atoms with van der Waals surface area (Å²) in [4.78, 5) is 23.3. The van der Waals surface area contributed by atoms with Crippen molar-refractivity contribution >= 4 is 29.6 Å². The summed E-state index contributed by atoms with van der Waals surface area (Å²) < 4.78 is 5.40. The van der Waals surface area contributed by atoms with Gasteiger partial charge >= 0.3 is 5.97 Å². The van der Waals surface area contributed by atoms with Crippen LogP contribution in [0.4, 0.5) is 0 Å². The molecule has 0 aliphatic carbocycles. The number of aliphatic carboxylic acids is 1. The molecule has 2 rings (SSSR count). The normalized spacial score (nSPS) is 11.1. The second-order valence-corrected chi connectivity index (χ2v) is 6.02. The highest BCUT2D eigenvalue weighted by Crippen LogP contribution is 2.25. The Hall–Kier alpha value is -2.99. The van der Waals surface area contributed by atoms with E-state index >= 15 is 0 Å². The van der Waals surface area contributed by atoms with Crippen molar-refractivity contribution in [2.24, 2.45) is 0 Å². The summed E-state index contributed by atoms with van der Waals surface area (Å²) >= 11 is 6.08. The van der Waals surface area contributed by atoms with E-state index in [1.165, 1.54) is 30.3 Å². The van der Waals surface area contributed by atoms with Gasteiger partial charge in [0.25, 0.3) is 5.91 Å². The molecule has 0 spiro atoms. The number of ether oxygens (including phenoxy) is 1. The van der Waals surface area contributed by atoms with Crippen molar-refractivity contribution in [1.82, 2.24) is 5.32 Å². The molecule has 0 bridgehead atoms. The van der Waals surface area contributed by atoms with E-state index in [1.807, 2.05) is 13.8 Å². The predicted molar refractivity (Wildman–Crippen MR) is 96.1 cm³/mol. The molecule has 0 heterocycles. The van der Waals surface area contributed by atoms with Crippen LogP contribution in [-0.4, -0.2) is 23.6 Å². The average molecular weight is 375 g/mol. The maximum Gasteiger partial charge on any atom is 0.352 e. The van der Waals surface area contributed by atoms with E-state index in [0.29, 0.717) is 16.3 Å². The second kappa shape index (κ2) is 8.40. The molecule has 2 N–H and O–H groups in total. The van der Waals surface area contributed by atoms with E-state index in [-0.39, 0.29) is 18.1 Å². The molecule has 0 radical (unpaired) electrons. The fourth-order valence-corrected chi connectivity index (χ4v) is 2.32. The number of nitrogens with one attached hydrogen (secondary N) is 1. The van der Waals surface area contributed by atoms with Gasteiger partial charge in [-0.1, -0.05) is 35.9 Å². The molecular formula is C19H17ClNO5-. The molecule has 6 nitrogen and oxygen atoms in total. The molecule has 0 saturated heterocycles. The highest BCUT2D eigenvalue weighted by atomic mass is 35.5. The molecule has 0 saturated carbocycles. The van der Waals surface area contributed by atoms with Crippen LogP contribution in [0.3, 0.4) is 0 Å². The molecule has 26 heavy (non-hydrogen) atoms. The first kappa shape index (κ1) is 19.3. The Morgan fingerprint density at radius 1 is 1.19 bits per heavy atom. The monoisotopic (exact) mass is 374 g/mol. The molecule has 0 aliphatic rings. The Kier molecular flexibility index (Phi) is 6.25. The van der Waals surface area contributed by atoms with Crippen LogP contribution >= 0.6 is 11.6 Å². The Labute approximate surface area is 155 Å². The van der Waals surface area contributed by atoms with Gasteiger partial charge in [0.05, 0.1) is 0 Å². The van der Waals surface area contributed by atoms with Gasteiger partial charge in [0, 0.05) is 5.02 Å². The number of halogens is 1. The minimum atomic E-state index is -1.30. The Morgan fingerprint density at radius 3 is 2.31 bits per heavy atom. The maximum absolute atomic E-state index is 12.0. The average Bonchev–Trinajstić information content (AvgIpc) is 2.59.